The molecule has 2 saturated heterocycles. The number of benzene rings is 1. The number of amides is 1. The van der Waals surface area contributed by atoms with Crippen molar-refractivity contribution in [1.29, 1.82) is 0 Å². The molecule has 2 fully saturated rings. The van der Waals surface area contributed by atoms with E-state index in [-0.39, 0.29) is 18.2 Å². The van der Waals surface area contributed by atoms with E-state index in [1.807, 2.05) is 30.5 Å². The van der Waals surface area contributed by atoms with Gasteiger partial charge in [0.25, 0.3) is 0 Å². The molecule has 212 valence electrons. The van der Waals surface area contributed by atoms with Crippen molar-refractivity contribution in [3.63, 3.8) is 0 Å². The Morgan fingerprint density at radius 2 is 2.17 bits per heavy atom. The van der Waals surface area contributed by atoms with Crippen molar-refractivity contribution in [3.8, 4) is 17.6 Å². The van der Waals surface area contributed by atoms with Crippen LogP contribution in [0.4, 0.5) is 16.3 Å². The van der Waals surface area contributed by atoms with Gasteiger partial charge in [-0.2, -0.15) is 0 Å². The van der Waals surface area contributed by atoms with Crippen LogP contribution in [0, 0.1) is 18.8 Å². The van der Waals surface area contributed by atoms with Crippen molar-refractivity contribution in [1.82, 2.24) is 25.2 Å². The number of aryl methyl sites for hydroxylation is 1. The second-order valence-corrected chi connectivity index (χ2v) is 12.1. The second-order valence-electron chi connectivity index (χ2n) is 9.54. The molecular formula is C28H27ClN6O4S2. The Bertz CT molecular complexity index is 1610. The standard InChI is InChI=1S/C28H27ClN6O4S2/c1-17-33-20(15-40-17)14-38-25-5-3-19(11-23(25)29)34-27-26-24(31-16-32-27)12-22(41-26)4-2-18-10-21(13-30-18)39-28(36)35-6-8-37-9-7-35/h3,5,11-12,15-16,18,21,30H,6-10,13-14H2,1H3,(H,31,32,34)/t18-,21-/m1/s1. The van der Waals surface area contributed by atoms with Crippen LogP contribution >= 0.6 is 34.3 Å². The third-order valence-corrected chi connectivity index (χ3v) is 8.71. The molecule has 0 unspecified atom stereocenters. The first-order valence-corrected chi connectivity index (χ1v) is 15.2. The number of halogens is 1. The molecule has 0 saturated carbocycles. The summed E-state index contributed by atoms with van der Waals surface area (Å²) in [7, 11) is 0. The minimum absolute atomic E-state index is 0.0613. The Morgan fingerprint density at radius 3 is 2.98 bits per heavy atom. The van der Waals surface area contributed by atoms with Crippen molar-refractivity contribution >= 4 is 62.1 Å². The van der Waals surface area contributed by atoms with Crippen molar-refractivity contribution in [2.75, 3.05) is 38.2 Å². The fourth-order valence-corrected chi connectivity index (χ4v) is 6.24. The van der Waals surface area contributed by atoms with E-state index in [9.17, 15) is 4.79 Å². The van der Waals surface area contributed by atoms with E-state index in [0.29, 0.717) is 62.5 Å². The summed E-state index contributed by atoms with van der Waals surface area (Å²) < 4.78 is 17.7. The minimum Gasteiger partial charge on any atom is -0.486 e. The van der Waals surface area contributed by atoms with Gasteiger partial charge in [0.05, 0.1) is 50.1 Å². The largest absolute Gasteiger partial charge is 0.486 e. The van der Waals surface area contributed by atoms with Crippen LogP contribution < -0.4 is 15.4 Å². The lowest BCUT2D eigenvalue weighted by Crippen LogP contribution is -2.42. The van der Waals surface area contributed by atoms with Gasteiger partial charge >= 0.3 is 6.09 Å². The molecule has 4 aromatic rings. The SMILES string of the molecule is Cc1nc(COc2ccc(Nc3ncnc4cc(C#C[C@@H]5C[C@@H](OC(=O)N6CCOCC6)CN5)sc34)cc2Cl)cs1. The number of anilines is 2. The maximum atomic E-state index is 12.4. The van der Waals surface area contributed by atoms with Crippen molar-refractivity contribution < 1.29 is 19.0 Å². The number of carbonyl (C=O) groups excluding carboxylic acids is 1. The van der Waals surface area contributed by atoms with E-state index in [1.165, 1.54) is 17.7 Å². The number of hydrogen-bond donors (Lipinski definition) is 2. The molecule has 6 rings (SSSR count). The molecule has 0 radical (unpaired) electrons. The number of morpholine rings is 1. The van der Waals surface area contributed by atoms with Crippen LogP contribution in [-0.4, -0.2) is 70.9 Å². The van der Waals surface area contributed by atoms with Gasteiger partial charge < -0.3 is 24.4 Å². The zero-order chi connectivity index (χ0) is 28.2. The predicted molar refractivity (Wildman–Crippen MR) is 159 cm³/mol. The van der Waals surface area contributed by atoms with Crippen LogP contribution in [0.25, 0.3) is 10.2 Å². The molecule has 41 heavy (non-hydrogen) atoms. The summed E-state index contributed by atoms with van der Waals surface area (Å²) in [5, 5.41) is 10.1. The zero-order valence-corrected chi connectivity index (χ0v) is 24.6. The Hall–Kier alpha value is -3.47. The number of rotatable bonds is 6. The number of fused-ring (bicyclic) bond motifs is 1. The molecule has 0 spiro atoms. The van der Waals surface area contributed by atoms with E-state index in [1.54, 1.807) is 22.3 Å². The Kier molecular flexibility index (Phi) is 8.50. The molecule has 5 heterocycles. The summed E-state index contributed by atoms with van der Waals surface area (Å²) in [6.07, 6.45) is 1.68. The zero-order valence-electron chi connectivity index (χ0n) is 22.2. The van der Waals surface area contributed by atoms with Gasteiger partial charge in [-0.1, -0.05) is 23.4 Å². The minimum atomic E-state index is -0.286. The van der Waals surface area contributed by atoms with Gasteiger partial charge in [-0.05, 0) is 31.2 Å². The lowest BCUT2D eigenvalue weighted by atomic mass is 10.2. The summed E-state index contributed by atoms with van der Waals surface area (Å²) >= 11 is 9.60. The average molecular weight is 611 g/mol. The fraction of sp³-hybridized carbons (Fsp3) is 0.357. The highest BCUT2D eigenvalue weighted by molar-refractivity contribution is 7.20. The molecule has 1 aromatic carbocycles. The quantitative estimate of drug-likeness (QED) is 0.292. The third-order valence-electron chi connectivity index (χ3n) is 6.54. The van der Waals surface area contributed by atoms with Gasteiger partial charge in [0.2, 0.25) is 0 Å². The van der Waals surface area contributed by atoms with E-state index >= 15 is 0 Å². The number of hydrogen-bond acceptors (Lipinski definition) is 11. The van der Waals surface area contributed by atoms with E-state index in [2.05, 4.69) is 37.4 Å². The van der Waals surface area contributed by atoms with Crippen LogP contribution in [0.2, 0.25) is 5.02 Å². The van der Waals surface area contributed by atoms with Gasteiger partial charge in [-0.15, -0.1) is 22.7 Å². The molecule has 2 aliphatic heterocycles. The molecular weight excluding hydrogens is 584 g/mol. The first-order valence-electron chi connectivity index (χ1n) is 13.1. The molecule has 2 atom stereocenters. The van der Waals surface area contributed by atoms with E-state index in [4.69, 9.17) is 25.8 Å². The lowest BCUT2D eigenvalue weighted by molar-refractivity contribution is 0.0156. The Morgan fingerprint density at radius 1 is 1.29 bits per heavy atom. The first-order chi connectivity index (χ1) is 20.0. The highest BCUT2D eigenvalue weighted by Crippen LogP contribution is 2.33. The summed E-state index contributed by atoms with van der Waals surface area (Å²) in [6, 6.07) is 7.42. The highest BCUT2D eigenvalue weighted by atomic mass is 35.5. The number of nitrogens with one attached hydrogen (secondary N) is 2. The summed E-state index contributed by atoms with van der Waals surface area (Å²) in [6.45, 7) is 5.13. The van der Waals surface area contributed by atoms with Gasteiger partial charge in [-0.25, -0.2) is 19.7 Å². The molecule has 0 bridgehead atoms. The summed E-state index contributed by atoms with van der Waals surface area (Å²) in [5.41, 5.74) is 2.46. The van der Waals surface area contributed by atoms with Gasteiger partial charge in [0.15, 0.2) is 5.82 Å². The highest BCUT2D eigenvalue weighted by Gasteiger charge is 2.28. The van der Waals surface area contributed by atoms with Crippen LogP contribution in [0.1, 0.15) is 22.0 Å². The second kappa shape index (κ2) is 12.6. The number of nitrogens with zero attached hydrogens (tertiary/aromatic N) is 4. The maximum absolute atomic E-state index is 12.4. The Balaban J connectivity index is 1.08. The lowest BCUT2D eigenvalue weighted by Gasteiger charge is -2.27. The fourth-order valence-electron chi connectivity index (χ4n) is 4.49. The van der Waals surface area contributed by atoms with Crippen LogP contribution in [-0.2, 0) is 16.1 Å². The number of aromatic nitrogens is 3. The van der Waals surface area contributed by atoms with E-state index in [0.717, 1.165) is 31.5 Å². The summed E-state index contributed by atoms with van der Waals surface area (Å²) in [5.74, 6) is 7.78. The number of thiazole rings is 1. The maximum Gasteiger partial charge on any atom is 0.410 e. The molecule has 10 nitrogen and oxygen atoms in total. The average Bonchev–Trinajstić information content (AvgIpc) is 3.72. The van der Waals surface area contributed by atoms with E-state index < -0.39 is 0 Å². The molecule has 3 aromatic heterocycles. The van der Waals surface area contributed by atoms with Gasteiger partial charge in [0.1, 0.15) is 24.8 Å². The third kappa shape index (κ3) is 6.89. The van der Waals surface area contributed by atoms with Gasteiger partial charge in [0, 0.05) is 37.1 Å². The molecule has 13 heteroatoms. The van der Waals surface area contributed by atoms with Crippen LogP contribution in [0.3, 0.4) is 0 Å². The topological polar surface area (TPSA) is 111 Å². The molecule has 1 amide bonds. The van der Waals surface area contributed by atoms with Crippen molar-refractivity contribution in [2.45, 2.75) is 32.1 Å². The first kappa shape index (κ1) is 27.7. The van der Waals surface area contributed by atoms with Crippen LogP contribution in [0.15, 0.2) is 36.0 Å². The molecule has 2 N–H and O–H groups in total. The number of thiophene rings is 1. The monoisotopic (exact) mass is 610 g/mol. The van der Waals surface area contributed by atoms with Gasteiger partial charge in [-0.3, -0.25) is 5.32 Å². The van der Waals surface area contributed by atoms with Crippen molar-refractivity contribution in [2.24, 2.45) is 0 Å². The number of carbonyl (C=O) groups is 1. The van der Waals surface area contributed by atoms with Crippen molar-refractivity contribution in [3.05, 3.63) is 56.6 Å². The predicted octanol–water partition coefficient (Wildman–Crippen LogP) is 4.98. The summed E-state index contributed by atoms with van der Waals surface area (Å²) in [4.78, 5) is 28.2. The number of ether oxygens (including phenoxy) is 3. The molecule has 2 aliphatic rings. The molecule has 0 aliphatic carbocycles. The Labute approximate surface area is 250 Å². The van der Waals surface area contributed by atoms with Crippen LogP contribution in [0.5, 0.6) is 5.75 Å². The smallest absolute Gasteiger partial charge is 0.410 e. The normalized spacial score (nSPS) is 18.6.